The number of hydrogen-bond donors (Lipinski definition) is 20. The summed E-state index contributed by atoms with van der Waals surface area (Å²) in [7, 11) is 14.5. The van der Waals surface area contributed by atoms with E-state index in [4.69, 9.17) is 68.8 Å². The van der Waals surface area contributed by atoms with E-state index in [0.717, 1.165) is 87.2 Å². The van der Waals surface area contributed by atoms with Gasteiger partial charge in [-0.1, -0.05) is 218 Å². The number of para-hydroxylation sites is 2. The van der Waals surface area contributed by atoms with Crippen molar-refractivity contribution in [1.82, 2.24) is 120 Å². The van der Waals surface area contributed by atoms with Crippen LogP contribution in [0.25, 0.3) is 0 Å². The predicted octanol–water partition coefficient (Wildman–Crippen LogP) is 8.33. The lowest BCUT2D eigenvalue weighted by Gasteiger charge is -2.17. The summed E-state index contributed by atoms with van der Waals surface area (Å²) in [6, 6.07) is 80.5. The predicted molar refractivity (Wildman–Crippen MR) is 560 cm³/mol. The van der Waals surface area contributed by atoms with Crippen molar-refractivity contribution in [3.63, 3.8) is 0 Å². The lowest BCUT2D eigenvalue weighted by molar-refractivity contribution is 0.764. The molecule has 0 aliphatic rings. The zero-order valence-corrected chi connectivity index (χ0v) is 79.0. The Morgan fingerprint density at radius 1 is 0.221 bits per heavy atom. The molecule has 0 spiro atoms. The van der Waals surface area contributed by atoms with Crippen molar-refractivity contribution in [3.8, 4) is 0 Å². The number of rotatable bonds is 32. The van der Waals surface area contributed by atoms with E-state index in [9.17, 15) is 0 Å². The van der Waals surface area contributed by atoms with E-state index in [2.05, 4.69) is 223 Å². The van der Waals surface area contributed by atoms with E-state index in [1.807, 2.05) is 225 Å². The molecule has 8 aromatic carbocycles. The average molecular weight is 1900 g/mol. The van der Waals surface area contributed by atoms with Gasteiger partial charge in [-0.05, 0) is 96.2 Å². The van der Waals surface area contributed by atoms with Gasteiger partial charge in [0.05, 0.1) is 0 Å². The first-order valence-corrected chi connectivity index (χ1v) is 43.8. The third kappa shape index (κ3) is 39.1. The van der Waals surface area contributed by atoms with Crippen molar-refractivity contribution in [2.24, 2.45) is 0 Å². The van der Waals surface area contributed by atoms with E-state index in [-0.39, 0.29) is 71.4 Å². The minimum atomic E-state index is 0.116. The molecule has 0 aliphatic carbocycles. The van der Waals surface area contributed by atoms with Crippen LogP contribution in [0.3, 0.4) is 0 Å². The van der Waals surface area contributed by atoms with Gasteiger partial charge in [0.15, 0.2) is 0 Å². The van der Waals surface area contributed by atoms with Gasteiger partial charge in [0.25, 0.3) is 0 Å². The molecule has 0 atom stereocenters. The fraction of sp³-hybridized carbons (Fsp3) is 0.217. The summed E-state index contributed by atoms with van der Waals surface area (Å²) in [5.41, 5.74) is 75.8. The van der Waals surface area contributed by atoms with E-state index < -0.39 is 0 Å². The van der Waals surface area contributed by atoms with Crippen LogP contribution in [0, 0.1) is 0 Å². The number of nitrogen functional groups attached to an aromatic ring is 12. The molecule has 140 heavy (non-hydrogen) atoms. The number of nitrogens with zero attached hydrogens (tertiary/aromatic N) is 28. The second-order valence-corrected chi connectivity index (χ2v) is 29.7. The topological polar surface area (TPSA) is 731 Å². The molecule has 0 saturated carbocycles. The molecule has 0 unspecified atom stereocenters. The molecular formula is C92H120N48. The summed E-state index contributed by atoms with van der Waals surface area (Å²) in [5.74, 6) is 7.48. The maximum absolute atomic E-state index is 5.59. The lowest BCUT2D eigenvalue weighted by atomic mass is 10.1. The van der Waals surface area contributed by atoms with Crippen molar-refractivity contribution in [1.29, 1.82) is 0 Å². The van der Waals surface area contributed by atoms with Crippen LogP contribution >= 0.6 is 0 Å². The van der Waals surface area contributed by atoms with Crippen LogP contribution in [0.15, 0.2) is 243 Å². The Bertz CT molecular complexity index is 6190. The summed E-state index contributed by atoms with van der Waals surface area (Å²) in [4.78, 5) is 103. The smallest absolute Gasteiger partial charge is 0.236 e. The molecule has 48 heteroatoms. The number of hydrogen-bond acceptors (Lipinski definition) is 48. The van der Waals surface area contributed by atoms with Gasteiger partial charge in [-0.3, -0.25) is 0 Å². The first-order chi connectivity index (χ1) is 67.7. The van der Waals surface area contributed by atoms with Crippen LogP contribution < -0.4 is 131 Å². The Kier molecular flexibility index (Phi) is 42.5. The quantitative estimate of drug-likeness (QED) is 0.0176. The molecule has 0 amide bonds. The van der Waals surface area contributed by atoms with Crippen molar-refractivity contribution < 1.29 is 0 Å². The number of nitrogens with one attached hydrogen (secondary N) is 8. The zero-order chi connectivity index (χ0) is 100. The monoisotopic (exact) mass is 1900 g/mol. The molecule has 8 heterocycles. The number of benzene rings is 8. The normalized spacial score (nSPS) is 10.1. The second kappa shape index (κ2) is 56.8. The highest BCUT2D eigenvalue weighted by Gasteiger charge is 2.15. The third-order valence-electron chi connectivity index (χ3n) is 18.9. The highest BCUT2D eigenvalue weighted by Crippen LogP contribution is 2.23. The fourth-order valence-corrected chi connectivity index (χ4v) is 12.1. The van der Waals surface area contributed by atoms with Gasteiger partial charge in [0.2, 0.25) is 143 Å². The molecule has 0 aliphatic heterocycles. The van der Waals surface area contributed by atoms with Gasteiger partial charge in [0.1, 0.15) is 0 Å². The summed E-state index contributed by atoms with van der Waals surface area (Å²) in [5, 5.41) is 23.7. The molecule has 8 aromatic heterocycles. The number of nitrogens with two attached hydrogens (primary N) is 12. The summed E-state index contributed by atoms with van der Waals surface area (Å²) in [6.45, 7) is 4.49. The summed E-state index contributed by atoms with van der Waals surface area (Å²) in [6.07, 6.45) is 5.86. The maximum Gasteiger partial charge on any atom is 0.236 e. The van der Waals surface area contributed by atoms with Crippen LogP contribution in [0.5, 0.6) is 0 Å². The van der Waals surface area contributed by atoms with E-state index in [0.29, 0.717) is 84.5 Å². The highest BCUT2D eigenvalue weighted by molar-refractivity contribution is 5.58. The molecule has 0 radical (unpaired) electrons. The lowest BCUT2D eigenvalue weighted by Crippen LogP contribution is -2.23. The molecule has 16 aromatic rings. The van der Waals surface area contributed by atoms with Crippen molar-refractivity contribution in [2.45, 2.75) is 51.6 Å². The van der Waals surface area contributed by atoms with Crippen LogP contribution in [-0.2, 0) is 38.8 Å². The van der Waals surface area contributed by atoms with Crippen LogP contribution in [-0.4, -0.2) is 202 Å². The summed E-state index contributed by atoms with van der Waals surface area (Å²) >= 11 is 0. The Morgan fingerprint density at radius 3 is 0.871 bits per heavy atom. The molecular weight excluding hydrogens is 1780 g/mol. The molecule has 0 bridgehead atoms. The molecule has 728 valence electrons. The zero-order valence-electron chi connectivity index (χ0n) is 79.0. The van der Waals surface area contributed by atoms with Crippen LogP contribution in [0.1, 0.15) is 46.2 Å². The molecule has 48 nitrogen and oxygen atoms in total. The minimum Gasteiger partial charge on any atom is -0.368 e. The first kappa shape index (κ1) is 105. The fourth-order valence-electron chi connectivity index (χ4n) is 12.1. The first-order valence-electron chi connectivity index (χ1n) is 43.8. The standard InChI is InChI=1S/2C13H18N6.2C12H16N6.2C11H14N6.2C10H12N6/c1-19(13-17-11(14)16-12(15)18-13)9-5-8-10-6-3-2-4-7-10;1-15-12-17-11(14)18-13(19-12)16-9-5-8-10-6-3-2-4-7-10;1-18(8-7-9-5-3-2-4-6-9)12-16-10(13)15-11(14)17-12;1-14-11-16-10(13)17-12(18-11)15-8-7-9-5-3-2-4-6-9;1-17(7-8-5-3-2-4-6-8)11-15-9(12)14-10(13)16-11;1-13-10-15-9(12)16-11(17-10)14-7-8-5-3-2-4-6-8;1-16(7-5-3-2-4-6-7)10-14-8(11)13-9(12)15-10;1-12-9-14-8(11)15-10(16-9)13-7-5-3-2-4-6-7/h2-4,6-7H,5,8-9H2,1H3,(H4,14,15,16,17,18);2-4,6-7H,5,8-9H2,1H3,(H4,14,15,16,17,18,19);2-6H,7-8H2,1H3,(H4,13,14,15,16,17);2-6H,7-8H2,1H3,(H4,13,14,15,16,17,18);2-6H,7H2,1H3,(H4,12,13,14,15,16);2-6H,7H2,1H3,(H4,12,13,14,15,16,17);2-6H,1H3,(H4,11,12,13,14,15);2-6H,1H3,(H4,11,12,13,14,15,16). The van der Waals surface area contributed by atoms with Gasteiger partial charge in [-0.15, -0.1) is 0 Å². The van der Waals surface area contributed by atoms with E-state index >= 15 is 0 Å². The minimum absolute atomic E-state index is 0.116. The second-order valence-electron chi connectivity index (χ2n) is 29.7. The Hall–Kier alpha value is -19.0. The van der Waals surface area contributed by atoms with Crippen LogP contribution in [0.4, 0.5) is 154 Å². The Balaban J connectivity index is 0.000000179. The maximum atomic E-state index is 5.59. The van der Waals surface area contributed by atoms with Crippen molar-refractivity contribution in [2.75, 3.05) is 213 Å². The van der Waals surface area contributed by atoms with Crippen LogP contribution in [0.2, 0.25) is 0 Å². The third-order valence-corrected chi connectivity index (χ3v) is 18.9. The molecule has 16 rings (SSSR count). The highest BCUT2D eigenvalue weighted by atomic mass is 15.3. The Labute approximate surface area is 810 Å². The number of likely N-dealkylation sites (N-methyl/N-ethyl adjacent to an activating group) is 1. The largest absolute Gasteiger partial charge is 0.368 e. The van der Waals surface area contributed by atoms with Crippen molar-refractivity contribution >= 4 is 154 Å². The SMILES string of the molecule is CN(CCCc1ccccc1)c1nc(N)nc(N)n1.CN(CCc1ccccc1)c1nc(N)nc(N)n1.CN(Cc1ccccc1)c1nc(N)nc(N)n1.CN(c1ccccc1)c1nc(N)nc(N)n1.CNc1nc(N)nc(NCCCc2ccccc2)n1.CNc1nc(N)nc(NCCc2ccccc2)n1.CNc1nc(N)nc(NCc2ccccc2)n1.CNc1nc(N)nc(Nc2ccccc2)n1. The number of anilines is 26. The van der Waals surface area contributed by atoms with Crippen molar-refractivity contribution in [3.05, 3.63) is 276 Å². The van der Waals surface area contributed by atoms with E-state index in [1.165, 1.54) is 22.3 Å². The van der Waals surface area contributed by atoms with Gasteiger partial charge in [-0.2, -0.15) is 120 Å². The Morgan fingerprint density at radius 2 is 0.493 bits per heavy atom. The van der Waals surface area contributed by atoms with Gasteiger partial charge >= 0.3 is 0 Å². The van der Waals surface area contributed by atoms with Gasteiger partial charge in [-0.25, -0.2) is 0 Å². The molecule has 0 fully saturated rings. The van der Waals surface area contributed by atoms with Gasteiger partial charge in [0, 0.05) is 107 Å². The van der Waals surface area contributed by atoms with E-state index in [1.54, 1.807) is 33.1 Å². The number of aryl methyl sites for hydroxylation is 2. The number of aromatic nitrogens is 24. The summed E-state index contributed by atoms with van der Waals surface area (Å²) < 4.78 is 0. The van der Waals surface area contributed by atoms with Gasteiger partial charge < -0.3 is 131 Å². The molecule has 32 N–H and O–H groups in total. The molecule has 0 saturated heterocycles. The average Bonchev–Trinajstić information content (AvgIpc) is 0.859.